The Morgan fingerprint density at radius 2 is 1.75 bits per heavy atom. The van der Waals surface area contributed by atoms with Crippen molar-refractivity contribution in [1.29, 1.82) is 0 Å². The van der Waals surface area contributed by atoms with Gasteiger partial charge in [0, 0.05) is 25.2 Å². The maximum Gasteiger partial charge on any atom is 0.329 e. The minimum atomic E-state index is -0.293. The first-order chi connectivity index (χ1) is 15.5. The average molecular weight is 435 g/mol. The van der Waals surface area contributed by atoms with Gasteiger partial charge in [0.1, 0.15) is 6.54 Å². The lowest BCUT2D eigenvalue weighted by molar-refractivity contribution is -0.144. The number of ether oxygens (including phenoxy) is 1. The predicted molar refractivity (Wildman–Crippen MR) is 126 cm³/mol. The number of aryl methyl sites for hydroxylation is 3. The Morgan fingerprint density at radius 1 is 1.00 bits per heavy atom. The molecular weight excluding hydrogens is 404 g/mol. The maximum atomic E-state index is 12.8. The van der Waals surface area contributed by atoms with Crippen LogP contribution in [0.25, 0.3) is 11.0 Å². The fourth-order valence-electron chi connectivity index (χ4n) is 4.63. The summed E-state index contributed by atoms with van der Waals surface area (Å²) < 4.78 is 8.79. The highest BCUT2D eigenvalue weighted by atomic mass is 16.5. The standard InChI is InChI=1S/C25H30N4O3/c1-5-27-21-12-11-18(14-22(21)28(6-2)25(27)31)20-15-26-29(16-23(30)32-7-3)24(20)19-10-8-9-17(4)13-19/h8-15,20,24H,5-7,16H2,1-4H3. The van der Waals surface area contributed by atoms with E-state index in [0.29, 0.717) is 19.7 Å². The monoisotopic (exact) mass is 434 g/mol. The van der Waals surface area contributed by atoms with E-state index in [4.69, 9.17) is 4.74 Å². The number of benzene rings is 2. The Hall–Kier alpha value is -3.35. The Labute approximate surface area is 187 Å². The molecule has 7 heteroatoms. The summed E-state index contributed by atoms with van der Waals surface area (Å²) in [5.41, 5.74) is 5.19. The number of nitrogens with zero attached hydrogens (tertiary/aromatic N) is 4. The van der Waals surface area contributed by atoms with Gasteiger partial charge in [-0.1, -0.05) is 35.9 Å². The fourth-order valence-corrected chi connectivity index (χ4v) is 4.63. The fraction of sp³-hybridized carbons (Fsp3) is 0.400. The second kappa shape index (κ2) is 9.02. The highest BCUT2D eigenvalue weighted by Gasteiger charge is 2.35. The molecule has 7 nitrogen and oxygen atoms in total. The van der Waals surface area contributed by atoms with Gasteiger partial charge in [0.15, 0.2) is 0 Å². The van der Waals surface area contributed by atoms with Crippen molar-refractivity contribution < 1.29 is 9.53 Å². The molecule has 32 heavy (non-hydrogen) atoms. The van der Waals surface area contributed by atoms with Crippen LogP contribution in [0.2, 0.25) is 0 Å². The van der Waals surface area contributed by atoms with Crippen LogP contribution in [0, 0.1) is 6.92 Å². The van der Waals surface area contributed by atoms with Crippen molar-refractivity contribution in [2.24, 2.45) is 5.10 Å². The second-order valence-electron chi connectivity index (χ2n) is 8.07. The van der Waals surface area contributed by atoms with Crippen molar-refractivity contribution >= 4 is 23.2 Å². The molecule has 2 aromatic carbocycles. The van der Waals surface area contributed by atoms with Crippen LogP contribution in [0.4, 0.5) is 0 Å². The molecular formula is C25H30N4O3. The Kier molecular flexibility index (Phi) is 6.17. The van der Waals surface area contributed by atoms with Gasteiger partial charge < -0.3 is 4.74 Å². The van der Waals surface area contributed by atoms with Gasteiger partial charge in [-0.15, -0.1) is 0 Å². The van der Waals surface area contributed by atoms with E-state index >= 15 is 0 Å². The first kappa shape index (κ1) is 21.9. The number of rotatable bonds is 7. The second-order valence-corrected chi connectivity index (χ2v) is 8.07. The lowest BCUT2D eigenvalue weighted by Crippen LogP contribution is -2.30. The third kappa shape index (κ3) is 3.83. The quantitative estimate of drug-likeness (QED) is 0.530. The van der Waals surface area contributed by atoms with Gasteiger partial charge in [-0.05, 0) is 51.0 Å². The van der Waals surface area contributed by atoms with Crippen LogP contribution in [0.1, 0.15) is 49.4 Å². The molecule has 0 fully saturated rings. The molecule has 0 radical (unpaired) electrons. The Morgan fingerprint density at radius 3 is 2.44 bits per heavy atom. The number of hydrogen-bond donors (Lipinski definition) is 0. The molecule has 0 aliphatic carbocycles. The van der Waals surface area contributed by atoms with Crippen LogP contribution in [-0.2, 0) is 22.6 Å². The molecule has 0 saturated carbocycles. The minimum Gasteiger partial charge on any atom is -0.465 e. The zero-order valence-corrected chi connectivity index (χ0v) is 19.1. The van der Waals surface area contributed by atoms with Crippen molar-refractivity contribution in [2.45, 2.75) is 52.7 Å². The number of fused-ring (bicyclic) bond motifs is 1. The topological polar surface area (TPSA) is 68.8 Å². The molecule has 0 N–H and O–H groups in total. The molecule has 0 spiro atoms. The number of hydrogen-bond acceptors (Lipinski definition) is 5. The smallest absolute Gasteiger partial charge is 0.329 e. The first-order valence-electron chi connectivity index (χ1n) is 11.2. The Bertz CT molecular complexity index is 1220. The number of esters is 1. The van der Waals surface area contributed by atoms with E-state index in [9.17, 15) is 9.59 Å². The van der Waals surface area contributed by atoms with Gasteiger partial charge >= 0.3 is 11.7 Å². The molecule has 168 valence electrons. The van der Waals surface area contributed by atoms with E-state index in [1.165, 1.54) is 0 Å². The van der Waals surface area contributed by atoms with Crippen molar-refractivity contribution in [2.75, 3.05) is 13.2 Å². The van der Waals surface area contributed by atoms with Crippen LogP contribution in [0.5, 0.6) is 0 Å². The summed E-state index contributed by atoms with van der Waals surface area (Å²) in [6.07, 6.45) is 1.90. The van der Waals surface area contributed by atoms with Crippen LogP contribution in [0.3, 0.4) is 0 Å². The van der Waals surface area contributed by atoms with Gasteiger partial charge in [-0.2, -0.15) is 5.10 Å². The highest BCUT2D eigenvalue weighted by molar-refractivity contribution is 5.81. The molecule has 2 unspecified atom stereocenters. The summed E-state index contributed by atoms with van der Waals surface area (Å²) in [5, 5.41) is 6.41. The summed E-state index contributed by atoms with van der Waals surface area (Å²) in [7, 11) is 0. The number of carbonyl (C=O) groups excluding carboxylic acids is 1. The number of hydrazone groups is 1. The summed E-state index contributed by atoms with van der Waals surface area (Å²) in [6.45, 7) is 9.51. The molecule has 1 aliphatic rings. The molecule has 4 rings (SSSR count). The van der Waals surface area contributed by atoms with Gasteiger partial charge in [0.05, 0.1) is 23.7 Å². The largest absolute Gasteiger partial charge is 0.465 e. The van der Waals surface area contributed by atoms with E-state index in [0.717, 1.165) is 27.7 Å². The third-order valence-electron chi connectivity index (χ3n) is 6.08. The van der Waals surface area contributed by atoms with E-state index < -0.39 is 0 Å². The van der Waals surface area contributed by atoms with Gasteiger partial charge in [0.2, 0.25) is 0 Å². The van der Waals surface area contributed by atoms with Gasteiger partial charge in [0.25, 0.3) is 0 Å². The zero-order chi connectivity index (χ0) is 22.8. The molecule has 0 saturated heterocycles. The molecule has 1 aliphatic heterocycles. The van der Waals surface area contributed by atoms with Crippen molar-refractivity contribution in [3.63, 3.8) is 0 Å². The molecule has 3 aromatic rings. The summed E-state index contributed by atoms with van der Waals surface area (Å²) in [4.78, 5) is 25.0. The normalized spacial score (nSPS) is 17.9. The van der Waals surface area contributed by atoms with E-state index in [2.05, 4.69) is 42.4 Å². The van der Waals surface area contributed by atoms with Gasteiger partial charge in [-0.3, -0.25) is 18.9 Å². The number of imidazole rings is 1. The molecule has 2 heterocycles. The number of aromatic nitrogens is 2. The van der Waals surface area contributed by atoms with Crippen LogP contribution < -0.4 is 5.69 Å². The number of carbonyl (C=O) groups is 1. The molecule has 1 aromatic heterocycles. The van der Waals surface area contributed by atoms with Crippen LogP contribution in [0.15, 0.2) is 52.4 Å². The lowest BCUT2D eigenvalue weighted by atomic mass is 9.87. The molecule has 2 atom stereocenters. The highest BCUT2D eigenvalue weighted by Crippen LogP contribution is 2.40. The summed E-state index contributed by atoms with van der Waals surface area (Å²) >= 11 is 0. The van der Waals surface area contributed by atoms with Crippen molar-refractivity contribution in [3.05, 3.63) is 69.6 Å². The minimum absolute atomic E-state index is 0.0152. The predicted octanol–water partition coefficient (Wildman–Crippen LogP) is 3.84. The molecule has 0 bridgehead atoms. The summed E-state index contributed by atoms with van der Waals surface area (Å²) in [5.74, 6) is -0.348. The molecule has 0 amide bonds. The van der Waals surface area contributed by atoms with E-state index in [1.54, 1.807) is 11.5 Å². The third-order valence-corrected chi connectivity index (χ3v) is 6.08. The van der Waals surface area contributed by atoms with Crippen LogP contribution >= 0.6 is 0 Å². The van der Waals surface area contributed by atoms with Crippen LogP contribution in [-0.4, -0.2) is 39.5 Å². The van der Waals surface area contributed by atoms with Crippen molar-refractivity contribution in [1.82, 2.24) is 14.1 Å². The van der Waals surface area contributed by atoms with E-state index in [-0.39, 0.29) is 30.2 Å². The van der Waals surface area contributed by atoms with Crippen molar-refractivity contribution in [3.8, 4) is 0 Å². The Balaban J connectivity index is 1.78. The van der Waals surface area contributed by atoms with E-state index in [1.807, 2.05) is 41.8 Å². The lowest BCUT2D eigenvalue weighted by Gasteiger charge is -2.28. The first-order valence-corrected chi connectivity index (χ1v) is 11.2. The maximum absolute atomic E-state index is 12.8. The SMILES string of the molecule is CCOC(=O)CN1N=CC(c2ccc3c(c2)n(CC)c(=O)n3CC)C1c1cccc(C)c1. The van der Waals surface area contributed by atoms with Gasteiger partial charge in [-0.25, -0.2) is 4.79 Å². The zero-order valence-electron chi connectivity index (χ0n) is 19.1. The summed E-state index contributed by atoms with van der Waals surface area (Å²) in [6, 6.07) is 14.4. The average Bonchev–Trinajstić information content (AvgIpc) is 3.30.